The molecule has 0 saturated heterocycles. The lowest BCUT2D eigenvalue weighted by Gasteiger charge is -2.18. The maximum absolute atomic E-state index is 11.4. The summed E-state index contributed by atoms with van der Waals surface area (Å²) in [6.07, 6.45) is 1.95. The fraction of sp³-hybridized carbons (Fsp3) is 0.778. The zero-order valence-electron chi connectivity index (χ0n) is 9.32. The number of thioether (sulfide) groups is 1. The van der Waals surface area contributed by atoms with E-state index in [9.17, 15) is 9.59 Å². The van der Waals surface area contributed by atoms with Crippen molar-refractivity contribution in [3.05, 3.63) is 0 Å². The summed E-state index contributed by atoms with van der Waals surface area (Å²) < 4.78 is 0. The van der Waals surface area contributed by atoms with Crippen LogP contribution >= 0.6 is 11.8 Å². The van der Waals surface area contributed by atoms with Gasteiger partial charge in [-0.3, -0.25) is 4.79 Å². The van der Waals surface area contributed by atoms with Crippen LogP contribution < -0.4 is 5.32 Å². The number of hydrogen-bond donors (Lipinski definition) is 2. The normalized spacial score (nSPS) is 11.9. The molecule has 0 aliphatic heterocycles. The first-order chi connectivity index (χ1) is 6.97. The lowest BCUT2D eigenvalue weighted by molar-refractivity contribution is -0.137. The molecule has 2 N–H and O–H groups in total. The highest BCUT2D eigenvalue weighted by atomic mass is 32.2. The Morgan fingerprint density at radius 3 is 2.60 bits per heavy atom. The van der Waals surface area contributed by atoms with Gasteiger partial charge < -0.3 is 15.3 Å². The molecular formula is C9H18N2O3S. The number of rotatable bonds is 6. The van der Waals surface area contributed by atoms with Gasteiger partial charge in [-0.25, -0.2) is 4.79 Å². The van der Waals surface area contributed by atoms with E-state index in [1.54, 1.807) is 18.8 Å². The van der Waals surface area contributed by atoms with Gasteiger partial charge in [0.1, 0.15) is 0 Å². The Morgan fingerprint density at radius 1 is 1.53 bits per heavy atom. The topological polar surface area (TPSA) is 69.6 Å². The molecule has 0 heterocycles. The van der Waals surface area contributed by atoms with E-state index in [4.69, 9.17) is 5.11 Å². The van der Waals surface area contributed by atoms with Crippen LogP contribution in [0.1, 0.15) is 13.3 Å². The Bertz CT molecular complexity index is 223. The van der Waals surface area contributed by atoms with E-state index in [0.29, 0.717) is 11.8 Å². The summed E-state index contributed by atoms with van der Waals surface area (Å²) in [7, 11) is 1.59. The minimum absolute atomic E-state index is 0.0258. The van der Waals surface area contributed by atoms with Gasteiger partial charge in [0.25, 0.3) is 0 Å². The van der Waals surface area contributed by atoms with Crippen molar-refractivity contribution < 1.29 is 14.7 Å². The molecule has 1 atom stereocenters. The highest BCUT2D eigenvalue weighted by Gasteiger charge is 2.10. The van der Waals surface area contributed by atoms with Crippen LogP contribution in [-0.2, 0) is 4.79 Å². The zero-order valence-corrected chi connectivity index (χ0v) is 10.1. The Labute approximate surface area is 94.2 Å². The largest absolute Gasteiger partial charge is 0.481 e. The molecule has 0 spiro atoms. The zero-order chi connectivity index (χ0) is 11.8. The summed E-state index contributed by atoms with van der Waals surface area (Å²) in [5.41, 5.74) is 0. The summed E-state index contributed by atoms with van der Waals surface area (Å²) in [6, 6.07) is -0.225. The summed E-state index contributed by atoms with van der Waals surface area (Å²) in [5.74, 6) is -0.896. The highest BCUT2D eigenvalue weighted by molar-refractivity contribution is 7.99. The third-order valence-electron chi connectivity index (χ3n) is 1.95. The summed E-state index contributed by atoms with van der Waals surface area (Å²) in [5, 5.41) is 11.5. The molecule has 0 aliphatic carbocycles. The Kier molecular flexibility index (Phi) is 6.94. The number of amides is 2. The molecular weight excluding hydrogens is 216 g/mol. The van der Waals surface area contributed by atoms with Crippen LogP contribution in [0.25, 0.3) is 0 Å². The van der Waals surface area contributed by atoms with Crippen molar-refractivity contribution >= 4 is 23.8 Å². The van der Waals surface area contributed by atoms with Gasteiger partial charge in [-0.05, 0) is 6.26 Å². The van der Waals surface area contributed by atoms with Crippen LogP contribution in [0.2, 0.25) is 0 Å². The number of carbonyl (C=O) groups is 2. The van der Waals surface area contributed by atoms with Crippen molar-refractivity contribution in [2.75, 3.05) is 26.4 Å². The highest BCUT2D eigenvalue weighted by Crippen LogP contribution is 2.02. The lowest BCUT2D eigenvalue weighted by Crippen LogP contribution is -2.40. The van der Waals surface area contributed by atoms with Gasteiger partial charge in [0, 0.05) is 25.4 Å². The van der Waals surface area contributed by atoms with Crippen molar-refractivity contribution in [1.29, 1.82) is 0 Å². The van der Waals surface area contributed by atoms with E-state index in [1.165, 1.54) is 4.90 Å². The molecule has 0 aromatic heterocycles. The maximum atomic E-state index is 11.4. The number of carboxylic acids is 1. The quantitative estimate of drug-likeness (QED) is 0.715. The third kappa shape index (κ3) is 7.07. The van der Waals surface area contributed by atoms with E-state index < -0.39 is 5.97 Å². The fourth-order valence-electron chi connectivity index (χ4n) is 0.814. The maximum Gasteiger partial charge on any atom is 0.317 e. The van der Waals surface area contributed by atoms with E-state index in [1.807, 2.05) is 13.2 Å². The molecule has 2 amide bonds. The number of hydrogen-bond acceptors (Lipinski definition) is 3. The first-order valence-corrected chi connectivity index (χ1v) is 5.99. The number of carboxylic acid groups (broad SMARTS) is 1. The molecule has 0 rings (SSSR count). The lowest BCUT2D eigenvalue weighted by atomic mass is 10.4. The minimum Gasteiger partial charge on any atom is -0.481 e. The second-order valence-electron chi connectivity index (χ2n) is 3.30. The molecule has 88 valence electrons. The van der Waals surface area contributed by atoms with E-state index >= 15 is 0 Å². The summed E-state index contributed by atoms with van der Waals surface area (Å²) >= 11 is 1.67. The van der Waals surface area contributed by atoms with Gasteiger partial charge in [0.2, 0.25) is 0 Å². The second kappa shape index (κ2) is 7.39. The van der Waals surface area contributed by atoms with E-state index in [2.05, 4.69) is 5.32 Å². The molecule has 0 aliphatic rings. The van der Waals surface area contributed by atoms with Crippen LogP contribution in [0.4, 0.5) is 4.79 Å². The van der Waals surface area contributed by atoms with Crippen molar-refractivity contribution in [3.8, 4) is 0 Å². The summed E-state index contributed by atoms with van der Waals surface area (Å²) in [4.78, 5) is 23.0. The van der Waals surface area contributed by atoms with Crippen molar-refractivity contribution in [1.82, 2.24) is 10.2 Å². The first-order valence-electron chi connectivity index (χ1n) is 4.71. The standard InChI is InChI=1S/C9H18N2O3S/c1-7(15-3)6-10-9(14)11(2)5-4-8(12)13/h7H,4-6H2,1-3H3,(H,10,14)(H,12,13). The van der Waals surface area contributed by atoms with Crippen LogP contribution in [0.3, 0.4) is 0 Å². The van der Waals surface area contributed by atoms with Gasteiger partial charge in [0.05, 0.1) is 6.42 Å². The van der Waals surface area contributed by atoms with Gasteiger partial charge in [0.15, 0.2) is 0 Å². The number of aliphatic carboxylic acids is 1. The number of carbonyl (C=O) groups excluding carboxylic acids is 1. The number of urea groups is 1. The average molecular weight is 234 g/mol. The molecule has 0 radical (unpaired) electrons. The van der Waals surface area contributed by atoms with Crippen LogP contribution in [-0.4, -0.2) is 53.6 Å². The molecule has 15 heavy (non-hydrogen) atoms. The number of nitrogens with zero attached hydrogens (tertiary/aromatic N) is 1. The second-order valence-corrected chi connectivity index (χ2v) is 4.57. The Morgan fingerprint density at radius 2 is 2.13 bits per heavy atom. The smallest absolute Gasteiger partial charge is 0.317 e. The van der Waals surface area contributed by atoms with Crippen molar-refractivity contribution in [2.24, 2.45) is 0 Å². The van der Waals surface area contributed by atoms with E-state index in [-0.39, 0.29) is 19.0 Å². The van der Waals surface area contributed by atoms with Gasteiger partial charge in [-0.15, -0.1) is 0 Å². The predicted octanol–water partition coefficient (Wildman–Crippen LogP) is 0.854. The average Bonchev–Trinajstić information content (AvgIpc) is 2.21. The molecule has 0 fully saturated rings. The van der Waals surface area contributed by atoms with Crippen LogP contribution in [0, 0.1) is 0 Å². The molecule has 0 saturated carbocycles. The molecule has 1 unspecified atom stereocenters. The van der Waals surface area contributed by atoms with Crippen LogP contribution in [0.5, 0.6) is 0 Å². The SMILES string of the molecule is CSC(C)CNC(=O)N(C)CCC(=O)O. The monoisotopic (exact) mass is 234 g/mol. The summed E-state index contributed by atoms with van der Waals surface area (Å²) in [6.45, 7) is 2.84. The van der Waals surface area contributed by atoms with Crippen molar-refractivity contribution in [3.63, 3.8) is 0 Å². The van der Waals surface area contributed by atoms with Gasteiger partial charge in [-0.1, -0.05) is 6.92 Å². The fourth-order valence-corrected chi connectivity index (χ4v) is 1.06. The number of nitrogens with one attached hydrogen (secondary N) is 1. The Hall–Kier alpha value is -0.910. The minimum atomic E-state index is -0.896. The molecule has 5 nitrogen and oxygen atoms in total. The van der Waals surface area contributed by atoms with Gasteiger partial charge in [-0.2, -0.15) is 11.8 Å². The first kappa shape index (κ1) is 14.1. The third-order valence-corrected chi connectivity index (χ3v) is 2.92. The van der Waals surface area contributed by atoms with Crippen LogP contribution in [0.15, 0.2) is 0 Å². The molecule has 0 aromatic rings. The van der Waals surface area contributed by atoms with E-state index in [0.717, 1.165) is 0 Å². The predicted molar refractivity (Wildman–Crippen MR) is 61.3 cm³/mol. The molecule has 6 heteroatoms. The molecule has 0 aromatic carbocycles. The Balaban J connectivity index is 3.74. The molecule has 0 bridgehead atoms. The van der Waals surface area contributed by atoms with Crippen molar-refractivity contribution in [2.45, 2.75) is 18.6 Å². The van der Waals surface area contributed by atoms with Gasteiger partial charge >= 0.3 is 12.0 Å².